The number of hydrogen-bond donors (Lipinski definition) is 4. The highest BCUT2D eigenvalue weighted by Crippen LogP contribution is 2.44. The third-order valence-electron chi connectivity index (χ3n) is 6.09. The first-order valence-electron chi connectivity index (χ1n) is 10.7. The molecule has 0 spiro atoms. The number of carbonyl (C=O) groups excluding carboxylic acids is 1. The molecule has 6 aromatic rings. The lowest BCUT2D eigenvalue weighted by atomic mass is 10.0. The molecular formula is C27H18N4O3. The molecule has 7 nitrogen and oxygen atoms in total. The minimum absolute atomic E-state index is 0.0935. The summed E-state index contributed by atoms with van der Waals surface area (Å²) in [6.07, 6.45) is 0. The predicted octanol–water partition coefficient (Wildman–Crippen LogP) is 6.83. The van der Waals surface area contributed by atoms with Gasteiger partial charge in [0.2, 0.25) is 0 Å². The summed E-state index contributed by atoms with van der Waals surface area (Å²) in [5.41, 5.74) is 3.57. The Labute approximate surface area is 193 Å². The fourth-order valence-electron chi connectivity index (χ4n) is 4.53. The lowest BCUT2D eigenvalue weighted by Gasteiger charge is -2.09. The molecule has 34 heavy (non-hydrogen) atoms. The maximum absolute atomic E-state index is 13.1. The summed E-state index contributed by atoms with van der Waals surface area (Å²) in [6.45, 7) is 0. The second-order valence-electron chi connectivity index (χ2n) is 8.08. The van der Waals surface area contributed by atoms with E-state index in [1.54, 1.807) is 30.3 Å². The van der Waals surface area contributed by atoms with Crippen LogP contribution in [0.5, 0.6) is 5.88 Å². The molecule has 0 atom stereocenters. The number of carbonyl (C=O) groups is 1. The number of nitroso groups, excluding NO2 is 1. The van der Waals surface area contributed by atoms with Crippen LogP contribution in [0.1, 0.15) is 10.4 Å². The molecule has 1 amide bonds. The Morgan fingerprint density at radius 1 is 0.794 bits per heavy atom. The topological polar surface area (TPSA) is 110 Å². The van der Waals surface area contributed by atoms with Crippen LogP contribution in [-0.4, -0.2) is 21.0 Å². The first-order chi connectivity index (χ1) is 16.6. The molecule has 6 rings (SSSR count). The highest BCUT2D eigenvalue weighted by atomic mass is 16.3. The van der Waals surface area contributed by atoms with E-state index < -0.39 is 0 Å². The molecule has 0 aliphatic rings. The Balaban J connectivity index is 1.45. The van der Waals surface area contributed by atoms with Crippen molar-refractivity contribution < 1.29 is 9.90 Å². The number of aromatic amines is 2. The van der Waals surface area contributed by atoms with Gasteiger partial charge >= 0.3 is 0 Å². The molecule has 4 N–H and O–H groups in total. The lowest BCUT2D eigenvalue weighted by Crippen LogP contribution is -2.12. The van der Waals surface area contributed by atoms with Crippen molar-refractivity contribution in [3.63, 3.8) is 0 Å². The Bertz CT molecular complexity index is 1740. The number of benzene rings is 4. The van der Waals surface area contributed by atoms with E-state index in [1.165, 1.54) is 0 Å². The highest BCUT2D eigenvalue weighted by molar-refractivity contribution is 6.14. The van der Waals surface area contributed by atoms with E-state index in [9.17, 15) is 14.8 Å². The fraction of sp³-hybridized carbons (Fsp3) is 0. The van der Waals surface area contributed by atoms with E-state index in [1.807, 2.05) is 54.6 Å². The Kier molecular flexibility index (Phi) is 4.41. The average Bonchev–Trinajstić information content (AvgIpc) is 3.39. The zero-order chi connectivity index (χ0) is 23.2. The molecule has 4 aromatic carbocycles. The first-order valence-corrected chi connectivity index (χ1v) is 10.7. The molecular weight excluding hydrogens is 428 g/mol. The zero-order valence-corrected chi connectivity index (χ0v) is 17.8. The highest BCUT2D eigenvalue weighted by Gasteiger charge is 2.21. The second-order valence-corrected chi connectivity index (χ2v) is 8.08. The van der Waals surface area contributed by atoms with Crippen LogP contribution >= 0.6 is 0 Å². The number of fused-ring (bicyclic) bond motifs is 3. The van der Waals surface area contributed by atoms with E-state index in [2.05, 4.69) is 20.5 Å². The zero-order valence-electron chi connectivity index (χ0n) is 17.8. The minimum atomic E-state index is -0.238. The van der Waals surface area contributed by atoms with Crippen LogP contribution in [0.25, 0.3) is 43.8 Å². The molecule has 164 valence electrons. The van der Waals surface area contributed by atoms with Crippen LogP contribution in [0.3, 0.4) is 0 Å². The number of anilines is 1. The molecule has 2 heterocycles. The number of H-pyrrole nitrogens is 2. The molecule has 0 saturated heterocycles. The molecule has 0 saturated carbocycles. The van der Waals surface area contributed by atoms with Crippen molar-refractivity contribution in [2.75, 3.05) is 5.32 Å². The van der Waals surface area contributed by atoms with Gasteiger partial charge in [-0.3, -0.25) is 4.79 Å². The number of nitrogens with zero attached hydrogens (tertiary/aromatic N) is 1. The summed E-state index contributed by atoms with van der Waals surface area (Å²) in [7, 11) is 0. The Morgan fingerprint density at radius 3 is 2.38 bits per heavy atom. The van der Waals surface area contributed by atoms with Crippen LogP contribution < -0.4 is 5.32 Å². The van der Waals surface area contributed by atoms with Crippen molar-refractivity contribution >= 4 is 49.9 Å². The van der Waals surface area contributed by atoms with E-state index in [0.29, 0.717) is 38.8 Å². The van der Waals surface area contributed by atoms with Crippen LogP contribution in [0.15, 0.2) is 90.1 Å². The minimum Gasteiger partial charge on any atom is -0.494 e. The third-order valence-corrected chi connectivity index (χ3v) is 6.09. The van der Waals surface area contributed by atoms with Crippen molar-refractivity contribution in [2.45, 2.75) is 0 Å². The standard InChI is InChI=1S/C27H18N4O3/c32-26(18-10-5-7-15-6-1-2-8-17(15)18)28-16-12-13-22-20(14-16)23(27(33)30-22)25-24(31-34)19-9-3-4-11-21(19)29-25/h1-14,29-30,33H,(H,28,32). The molecule has 0 fully saturated rings. The van der Waals surface area contributed by atoms with Crippen LogP contribution in [0.4, 0.5) is 11.4 Å². The van der Waals surface area contributed by atoms with Crippen molar-refractivity contribution in [3.8, 4) is 17.1 Å². The predicted molar refractivity (Wildman–Crippen MR) is 135 cm³/mol. The number of para-hydroxylation sites is 1. The van der Waals surface area contributed by atoms with Gasteiger partial charge in [-0.25, -0.2) is 0 Å². The SMILES string of the molecule is O=Nc1c(-c2c(O)[nH]c3ccc(NC(=O)c4cccc5ccccc45)cc23)[nH]c2ccccc12. The number of aromatic nitrogens is 2. The largest absolute Gasteiger partial charge is 0.494 e. The number of rotatable bonds is 4. The average molecular weight is 446 g/mol. The van der Waals surface area contributed by atoms with Gasteiger partial charge in [0.05, 0.1) is 11.3 Å². The van der Waals surface area contributed by atoms with Crippen molar-refractivity contribution in [3.05, 3.63) is 95.4 Å². The quantitative estimate of drug-likeness (QED) is 0.223. The second kappa shape index (κ2) is 7.60. The summed E-state index contributed by atoms with van der Waals surface area (Å²) >= 11 is 0. The van der Waals surface area contributed by atoms with Crippen molar-refractivity contribution in [2.24, 2.45) is 5.18 Å². The van der Waals surface area contributed by atoms with Crippen LogP contribution in [-0.2, 0) is 0 Å². The van der Waals surface area contributed by atoms with Gasteiger partial charge in [0.25, 0.3) is 5.91 Å². The van der Waals surface area contributed by atoms with E-state index in [-0.39, 0.29) is 17.5 Å². The number of hydrogen-bond acceptors (Lipinski definition) is 4. The van der Waals surface area contributed by atoms with Crippen molar-refractivity contribution in [1.82, 2.24) is 9.97 Å². The molecule has 7 heteroatoms. The maximum atomic E-state index is 13.1. The summed E-state index contributed by atoms with van der Waals surface area (Å²) in [6, 6.07) is 25.9. The lowest BCUT2D eigenvalue weighted by molar-refractivity contribution is 0.102. The first kappa shape index (κ1) is 19.8. The van der Waals surface area contributed by atoms with Gasteiger partial charge in [-0.05, 0) is 46.3 Å². The van der Waals surface area contributed by atoms with E-state index in [0.717, 1.165) is 16.3 Å². The van der Waals surface area contributed by atoms with Crippen LogP contribution in [0, 0.1) is 4.91 Å². The van der Waals surface area contributed by atoms with Gasteiger partial charge in [-0.15, -0.1) is 4.91 Å². The van der Waals surface area contributed by atoms with Gasteiger partial charge in [0, 0.05) is 33.1 Å². The van der Waals surface area contributed by atoms with E-state index in [4.69, 9.17) is 0 Å². The van der Waals surface area contributed by atoms with Gasteiger partial charge < -0.3 is 20.4 Å². The molecule has 0 bridgehead atoms. The summed E-state index contributed by atoms with van der Waals surface area (Å²) in [5.74, 6) is -0.331. The molecule has 0 unspecified atom stereocenters. The fourth-order valence-corrected chi connectivity index (χ4v) is 4.53. The molecule has 0 radical (unpaired) electrons. The number of aromatic hydroxyl groups is 1. The Hall–Kier alpha value is -4.91. The smallest absolute Gasteiger partial charge is 0.256 e. The van der Waals surface area contributed by atoms with Crippen LogP contribution in [0.2, 0.25) is 0 Å². The molecule has 0 aliphatic heterocycles. The molecule has 0 aliphatic carbocycles. The van der Waals surface area contributed by atoms with E-state index >= 15 is 0 Å². The number of nitrogens with one attached hydrogen (secondary N) is 3. The van der Waals surface area contributed by atoms with Gasteiger partial charge in [0.15, 0.2) is 5.88 Å². The summed E-state index contributed by atoms with van der Waals surface area (Å²) < 4.78 is 0. The maximum Gasteiger partial charge on any atom is 0.256 e. The molecule has 2 aromatic heterocycles. The summed E-state index contributed by atoms with van der Waals surface area (Å²) in [5, 5.41) is 20.0. The number of amides is 1. The monoisotopic (exact) mass is 446 g/mol. The van der Waals surface area contributed by atoms with Gasteiger partial charge in [-0.2, -0.15) is 0 Å². The van der Waals surface area contributed by atoms with Crippen molar-refractivity contribution in [1.29, 1.82) is 0 Å². The Morgan fingerprint density at radius 2 is 1.53 bits per heavy atom. The van der Waals surface area contributed by atoms with Gasteiger partial charge in [0.1, 0.15) is 5.69 Å². The normalized spacial score (nSPS) is 11.3. The summed E-state index contributed by atoms with van der Waals surface area (Å²) in [4.78, 5) is 30.9. The third kappa shape index (κ3) is 3.02. The van der Waals surface area contributed by atoms with Gasteiger partial charge in [-0.1, -0.05) is 54.6 Å².